The Balaban J connectivity index is 1.28. The van der Waals surface area contributed by atoms with Crippen molar-refractivity contribution in [2.24, 2.45) is 11.3 Å². The highest BCUT2D eigenvalue weighted by Gasteiger charge is 2.63. The number of rotatable bonds is 9. The normalized spacial score (nSPS) is 19.0. The molecular weight excluding hydrogens is 478 g/mol. The summed E-state index contributed by atoms with van der Waals surface area (Å²) in [7, 11) is 0. The van der Waals surface area contributed by atoms with Crippen LogP contribution in [0.4, 0.5) is 0 Å². The molecule has 0 radical (unpaired) electrons. The minimum absolute atomic E-state index is 0.192. The molecule has 3 N–H and O–H groups in total. The number of ether oxygens (including phenoxy) is 1. The van der Waals surface area contributed by atoms with Crippen molar-refractivity contribution >= 4 is 22.7 Å². The third kappa shape index (κ3) is 5.24. The van der Waals surface area contributed by atoms with Gasteiger partial charge in [0.15, 0.2) is 0 Å². The maximum atomic E-state index is 13.4. The van der Waals surface area contributed by atoms with E-state index in [1.165, 1.54) is 0 Å². The summed E-state index contributed by atoms with van der Waals surface area (Å²) in [5.74, 6) is -0.603. The minimum Gasteiger partial charge on any atom is -0.489 e. The zero-order chi connectivity index (χ0) is 26.7. The minimum atomic E-state index is -0.911. The number of aryl methyl sites for hydroxylation is 1. The predicted octanol–water partition coefficient (Wildman–Crippen LogP) is 5.05. The molecule has 5 rings (SSSR count). The summed E-state index contributed by atoms with van der Waals surface area (Å²) < 4.78 is 6.08. The molecule has 2 amide bonds. The molecule has 1 saturated carbocycles. The van der Waals surface area contributed by atoms with Crippen LogP contribution in [-0.4, -0.2) is 22.0 Å². The molecule has 0 spiro atoms. The number of carbonyl (C=O) groups excluding carboxylic acids is 2. The first-order valence-corrected chi connectivity index (χ1v) is 12.8. The zero-order valence-corrected chi connectivity index (χ0v) is 21.5. The topological polar surface area (TPSA) is 101 Å². The highest BCUT2D eigenvalue weighted by Crippen LogP contribution is 2.55. The van der Waals surface area contributed by atoms with Crippen molar-refractivity contribution in [3.05, 3.63) is 107 Å². The van der Waals surface area contributed by atoms with E-state index in [0.29, 0.717) is 25.2 Å². The summed E-state index contributed by atoms with van der Waals surface area (Å²) in [5, 5.41) is 13.3. The van der Waals surface area contributed by atoms with E-state index in [2.05, 4.69) is 10.3 Å². The molecule has 1 aliphatic rings. The van der Waals surface area contributed by atoms with Crippen LogP contribution in [0, 0.1) is 18.3 Å². The predicted molar refractivity (Wildman–Crippen MR) is 144 cm³/mol. The smallest absolute Gasteiger partial charge is 0.247 e. The van der Waals surface area contributed by atoms with Crippen LogP contribution in [-0.2, 0) is 22.6 Å². The van der Waals surface area contributed by atoms with Crippen molar-refractivity contribution in [3.8, 4) is 5.75 Å². The van der Waals surface area contributed by atoms with Gasteiger partial charge in [-0.1, -0.05) is 60.7 Å². The standard InChI is InChI=1S/C31H31N3O4/c1-20-16-24(26-10-6-7-11-28(26)32-20)19-38-25-14-12-22(13-15-25)17-31(18-27(31)29(35)34-37)30(36)33-21(2)23-8-4-3-5-9-23/h3-16,21,27,37H,17-19H2,1-2H3,(H,33,36)(H,34,35)/t21-,27+,31-/m0/s1. The Morgan fingerprint density at radius 1 is 1.05 bits per heavy atom. The Bertz CT molecular complexity index is 1460. The highest BCUT2D eigenvalue weighted by atomic mass is 16.5. The van der Waals surface area contributed by atoms with Gasteiger partial charge in [-0.05, 0) is 62.1 Å². The van der Waals surface area contributed by atoms with E-state index in [1.54, 1.807) is 5.48 Å². The largest absolute Gasteiger partial charge is 0.489 e. The Labute approximate surface area is 221 Å². The molecule has 1 aliphatic carbocycles. The molecule has 7 nitrogen and oxygen atoms in total. The number of nitrogens with zero attached hydrogens (tertiary/aromatic N) is 1. The lowest BCUT2D eigenvalue weighted by molar-refractivity contribution is -0.135. The van der Waals surface area contributed by atoms with Crippen LogP contribution in [0.5, 0.6) is 5.75 Å². The first-order valence-electron chi connectivity index (χ1n) is 12.8. The van der Waals surface area contributed by atoms with Crippen molar-refractivity contribution in [3.63, 3.8) is 0 Å². The van der Waals surface area contributed by atoms with E-state index in [4.69, 9.17) is 4.74 Å². The molecule has 1 aromatic heterocycles. The van der Waals surface area contributed by atoms with E-state index in [1.807, 2.05) is 98.8 Å². The second-order valence-electron chi connectivity index (χ2n) is 10.0. The molecule has 4 aromatic rings. The maximum absolute atomic E-state index is 13.4. The van der Waals surface area contributed by atoms with E-state index < -0.39 is 17.2 Å². The van der Waals surface area contributed by atoms with Gasteiger partial charge in [-0.25, -0.2) is 5.48 Å². The molecule has 1 fully saturated rings. The second-order valence-corrected chi connectivity index (χ2v) is 10.0. The quantitative estimate of drug-likeness (QED) is 0.216. The zero-order valence-electron chi connectivity index (χ0n) is 21.5. The number of aromatic nitrogens is 1. The van der Waals surface area contributed by atoms with Crippen molar-refractivity contribution in [1.29, 1.82) is 0 Å². The number of hydrogen-bond acceptors (Lipinski definition) is 5. The van der Waals surface area contributed by atoms with Crippen LogP contribution in [0.1, 0.15) is 41.8 Å². The van der Waals surface area contributed by atoms with Crippen LogP contribution in [0.25, 0.3) is 10.9 Å². The Morgan fingerprint density at radius 3 is 2.50 bits per heavy atom. The number of para-hydroxylation sites is 1. The fraction of sp³-hybridized carbons (Fsp3) is 0.258. The summed E-state index contributed by atoms with van der Waals surface area (Å²) in [6.45, 7) is 4.30. The number of hydrogen-bond donors (Lipinski definition) is 3. The molecule has 0 saturated heterocycles. The van der Waals surface area contributed by atoms with E-state index >= 15 is 0 Å². The Kier molecular flexibility index (Phi) is 7.11. The van der Waals surface area contributed by atoms with Gasteiger partial charge in [0.2, 0.25) is 11.8 Å². The average molecular weight is 510 g/mol. The summed E-state index contributed by atoms with van der Waals surface area (Å²) in [5.41, 5.74) is 5.66. The number of carbonyl (C=O) groups is 2. The molecular formula is C31H31N3O4. The van der Waals surface area contributed by atoms with Crippen molar-refractivity contribution < 1.29 is 19.5 Å². The van der Waals surface area contributed by atoms with E-state index in [9.17, 15) is 14.8 Å². The molecule has 3 aromatic carbocycles. The number of fused-ring (bicyclic) bond motifs is 1. The first kappa shape index (κ1) is 25.4. The average Bonchev–Trinajstić information content (AvgIpc) is 3.67. The number of nitrogens with one attached hydrogen (secondary N) is 2. The summed E-state index contributed by atoms with van der Waals surface area (Å²) in [6, 6.07) is 27.1. The van der Waals surface area contributed by atoms with Gasteiger partial charge in [-0.15, -0.1) is 0 Å². The van der Waals surface area contributed by atoms with Gasteiger partial charge in [-0.3, -0.25) is 19.8 Å². The third-order valence-electron chi connectivity index (χ3n) is 7.37. The van der Waals surface area contributed by atoms with Gasteiger partial charge in [0.05, 0.1) is 22.9 Å². The van der Waals surface area contributed by atoms with Crippen LogP contribution in [0.3, 0.4) is 0 Å². The molecule has 38 heavy (non-hydrogen) atoms. The molecule has 7 heteroatoms. The highest BCUT2D eigenvalue weighted by molar-refractivity contribution is 5.96. The SMILES string of the molecule is Cc1cc(COc2ccc(C[C@]3(C(=O)N[C@@H](C)c4ccccc4)C[C@@H]3C(=O)NO)cc2)c2ccccc2n1. The number of benzene rings is 3. The van der Waals surface area contributed by atoms with E-state index in [0.717, 1.165) is 33.3 Å². The lowest BCUT2D eigenvalue weighted by Crippen LogP contribution is -2.38. The first-order chi connectivity index (χ1) is 18.4. The third-order valence-corrected chi connectivity index (χ3v) is 7.37. The lowest BCUT2D eigenvalue weighted by atomic mass is 9.92. The maximum Gasteiger partial charge on any atom is 0.247 e. The number of pyridine rings is 1. The molecule has 1 heterocycles. The van der Waals surface area contributed by atoms with Crippen LogP contribution >= 0.6 is 0 Å². The van der Waals surface area contributed by atoms with Gasteiger partial charge in [0, 0.05) is 16.6 Å². The number of amides is 2. The van der Waals surface area contributed by atoms with Crippen molar-refractivity contribution in [2.45, 2.75) is 39.3 Å². The summed E-state index contributed by atoms with van der Waals surface area (Å²) in [4.78, 5) is 30.3. The van der Waals surface area contributed by atoms with Gasteiger partial charge in [-0.2, -0.15) is 0 Å². The summed E-state index contributed by atoms with van der Waals surface area (Å²) in [6.07, 6.45) is 0.756. The molecule has 0 bridgehead atoms. The van der Waals surface area contributed by atoms with Gasteiger partial charge in [0.1, 0.15) is 12.4 Å². The second kappa shape index (κ2) is 10.6. The monoisotopic (exact) mass is 509 g/mol. The van der Waals surface area contributed by atoms with Crippen molar-refractivity contribution in [1.82, 2.24) is 15.8 Å². The summed E-state index contributed by atoms with van der Waals surface area (Å²) >= 11 is 0. The van der Waals surface area contributed by atoms with Gasteiger partial charge >= 0.3 is 0 Å². The Hall–Kier alpha value is -4.23. The molecule has 194 valence electrons. The van der Waals surface area contributed by atoms with E-state index in [-0.39, 0.29) is 11.9 Å². The van der Waals surface area contributed by atoms with Gasteiger partial charge < -0.3 is 10.1 Å². The lowest BCUT2D eigenvalue weighted by Gasteiger charge is -2.21. The van der Waals surface area contributed by atoms with Gasteiger partial charge in [0.25, 0.3) is 0 Å². The fourth-order valence-corrected chi connectivity index (χ4v) is 5.16. The molecule has 3 atom stereocenters. The fourth-order valence-electron chi connectivity index (χ4n) is 5.16. The molecule has 0 aliphatic heterocycles. The van der Waals surface area contributed by atoms with Crippen molar-refractivity contribution in [2.75, 3.05) is 0 Å². The van der Waals surface area contributed by atoms with Crippen LogP contribution in [0.2, 0.25) is 0 Å². The Morgan fingerprint density at radius 2 is 1.76 bits per heavy atom. The van der Waals surface area contributed by atoms with Crippen LogP contribution < -0.4 is 15.5 Å². The molecule has 0 unspecified atom stereocenters. The number of hydroxylamine groups is 1. The van der Waals surface area contributed by atoms with Crippen LogP contribution in [0.15, 0.2) is 84.9 Å².